The van der Waals surface area contributed by atoms with Gasteiger partial charge in [-0.1, -0.05) is 17.7 Å². The highest BCUT2D eigenvalue weighted by molar-refractivity contribution is 7.87. The number of benzene rings is 1. The highest BCUT2D eigenvalue weighted by Gasteiger charge is 2.11. The lowest BCUT2D eigenvalue weighted by Crippen LogP contribution is -1.88. The van der Waals surface area contributed by atoms with E-state index in [9.17, 15) is 4.21 Å². The molecule has 20 heavy (non-hydrogen) atoms. The fourth-order valence-corrected chi connectivity index (χ4v) is 4.25. The summed E-state index contributed by atoms with van der Waals surface area (Å²) in [4.78, 5) is 6.07. The Labute approximate surface area is 128 Å². The van der Waals surface area contributed by atoms with Crippen LogP contribution in [0.25, 0.3) is 10.6 Å². The molecule has 1 atom stereocenters. The molecular weight excluding hydrogens is 310 g/mol. The quantitative estimate of drug-likeness (QED) is 0.704. The van der Waals surface area contributed by atoms with Crippen molar-refractivity contribution in [2.24, 2.45) is 0 Å². The fraction of sp³-hybridized carbons (Fsp3) is 0. The van der Waals surface area contributed by atoms with Gasteiger partial charge >= 0.3 is 0 Å². The van der Waals surface area contributed by atoms with Crippen molar-refractivity contribution in [1.29, 1.82) is 0 Å². The third-order valence-corrected chi connectivity index (χ3v) is 5.77. The van der Waals surface area contributed by atoms with E-state index in [4.69, 9.17) is 11.6 Å². The highest BCUT2D eigenvalue weighted by atomic mass is 35.5. The van der Waals surface area contributed by atoms with Crippen LogP contribution in [0.4, 0.5) is 0 Å². The molecule has 0 aliphatic rings. The van der Waals surface area contributed by atoms with Crippen LogP contribution in [0.15, 0.2) is 69.9 Å². The molecule has 0 unspecified atom stereocenters. The lowest BCUT2D eigenvalue weighted by molar-refractivity contribution is 0.684. The Kier molecular flexibility index (Phi) is 3.96. The Morgan fingerprint density at radius 1 is 1.00 bits per heavy atom. The van der Waals surface area contributed by atoms with Gasteiger partial charge in [0.25, 0.3) is 0 Å². The maximum Gasteiger partial charge on any atom is 0.0967 e. The first-order valence-electron chi connectivity index (χ1n) is 5.92. The largest absolute Gasteiger partial charge is 0.255 e. The first-order chi connectivity index (χ1) is 9.74. The SMILES string of the molecule is O=[S@@](c1ccc(Cl)cc1)c1ccc(-c2ccccn2)s1. The molecule has 0 N–H and O–H groups in total. The lowest BCUT2D eigenvalue weighted by atomic mass is 10.3. The molecule has 0 aliphatic heterocycles. The van der Waals surface area contributed by atoms with E-state index in [1.807, 2.05) is 30.3 Å². The molecule has 3 aromatic rings. The summed E-state index contributed by atoms with van der Waals surface area (Å²) in [5.41, 5.74) is 0.900. The van der Waals surface area contributed by atoms with Gasteiger partial charge in [0.15, 0.2) is 0 Å². The predicted octanol–water partition coefficient (Wildman–Crippen LogP) is 4.63. The van der Waals surface area contributed by atoms with Crippen molar-refractivity contribution in [2.75, 3.05) is 0 Å². The predicted molar refractivity (Wildman–Crippen MR) is 83.7 cm³/mol. The highest BCUT2D eigenvalue weighted by Crippen LogP contribution is 2.30. The van der Waals surface area contributed by atoms with Gasteiger partial charge in [0.05, 0.1) is 25.6 Å². The number of rotatable bonds is 3. The van der Waals surface area contributed by atoms with E-state index in [1.54, 1.807) is 30.5 Å². The molecule has 5 heteroatoms. The van der Waals surface area contributed by atoms with Gasteiger partial charge < -0.3 is 0 Å². The van der Waals surface area contributed by atoms with Crippen LogP contribution in [-0.2, 0) is 10.8 Å². The molecule has 100 valence electrons. The van der Waals surface area contributed by atoms with Crippen LogP contribution >= 0.6 is 22.9 Å². The van der Waals surface area contributed by atoms with E-state index in [-0.39, 0.29) is 0 Å². The maximum absolute atomic E-state index is 12.5. The maximum atomic E-state index is 12.5. The molecular formula is C15H10ClNOS2. The van der Waals surface area contributed by atoms with Crippen molar-refractivity contribution in [2.45, 2.75) is 9.10 Å². The van der Waals surface area contributed by atoms with E-state index < -0.39 is 10.8 Å². The zero-order valence-corrected chi connectivity index (χ0v) is 12.7. The summed E-state index contributed by atoms with van der Waals surface area (Å²) in [6.07, 6.45) is 1.75. The Balaban J connectivity index is 1.90. The van der Waals surface area contributed by atoms with E-state index in [1.165, 1.54) is 11.3 Å². The average molecular weight is 320 g/mol. The topological polar surface area (TPSA) is 30.0 Å². The summed E-state index contributed by atoms with van der Waals surface area (Å²) < 4.78 is 13.3. The molecule has 3 rings (SSSR count). The van der Waals surface area contributed by atoms with Gasteiger partial charge in [0.1, 0.15) is 0 Å². The molecule has 0 bridgehead atoms. The molecule has 2 heterocycles. The summed E-state index contributed by atoms with van der Waals surface area (Å²) in [5, 5.41) is 0.645. The minimum atomic E-state index is -1.18. The van der Waals surface area contributed by atoms with Crippen molar-refractivity contribution in [1.82, 2.24) is 4.98 Å². The van der Waals surface area contributed by atoms with Gasteiger partial charge in [-0.2, -0.15) is 0 Å². The van der Waals surface area contributed by atoms with E-state index >= 15 is 0 Å². The van der Waals surface area contributed by atoms with Crippen LogP contribution in [0.2, 0.25) is 5.02 Å². The van der Waals surface area contributed by atoms with Crippen LogP contribution in [0.5, 0.6) is 0 Å². The summed E-state index contributed by atoms with van der Waals surface area (Å²) in [6, 6.07) is 16.7. The molecule has 0 spiro atoms. The Bertz CT molecular complexity index is 738. The number of pyridine rings is 1. The van der Waals surface area contributed by atoms with Gasteiger partial charge in [-0.15, -0.1) is 11.3 Å². The van der Waals surface area contributed by atoms with Crippen molar-refractivity contribution in [3.63, 3.8) is 0 Å². The monoisotopic (exact) mass is 319 g/mol. The van der Waals surface area contributed by atoms with E-state index in [0.717, 1.165) is 19.7 Å². The van der Waals surface area contributed by atoms with Gasteiger partial charge in [-0.05, 0) is 48.5 Å². The molecule has 0 amide bonds. The van der Waals surface area contributed by atoms with Crippen LogP contribution < -0.4 is 0 Å². The third kappa shape index (κ3) is 2.82. The first-order valence-corrected chi connectivity index (χ1v) is 8.27. The fourth-order valence-electron chi connectivity index (χ4n) is 1.74. The zero-order chi connectivity index (χ0) is 13.9. The molecule has 2 aromatic heterocycles. The molecule has 0 saturated carbocycles. The lowest BCUT2D eigenvalue weighted by Gasteiger charge is -1.99. The summed E-state index contributed by atoms with van der Waals surface area (Å²) in [7, 11) is -1.18. The minimum Gasteiger partial charge on any atom is -0.255 e. The number of halogens is 1. The van der Waals surface area contributed by atoms with Crippen LogP contribution in [0.3, 0.4) is 0 Å². The van der Waals surface area contributed by atoms with E-state index in [0.29, 0.717) is 5.02 Å². The van der Waals surface area contributed by atoms with Crippen molar-refractivity contribution in [3.05, 3.63) is 65.8 Å². The van der Waals surface area contributed by atoms with Crippen LogP contribution in [0.1, 0.15) is 0 Å². The van der Waals surface area contributed by atoms with Gasteiger partial charge in [-0.25, -0.2) is 4.21 Å². The van der Waals surface area contributed by atoms with Crippen molar-refractivity contribution < 1.29 is 4.21 Å². The molecule has 2 nitrogen and oxygen atoms in total. The van der Waals surface area contributed by atoms with Crippen LogP contribution in [0, 0.1) is 0 Å². The summed E-state index contributed by atoms with van der Waals surface area (Å²) in [6.45, 7) is 0. The van der Waals surface area contributed by atoms with Crippen LogP contribution in [-0.4, -0.2) is 9.19 Å². The standard InChI is InChI=1S/C15H10ClNOS2/c16-11-4-6-12(7-5-11)20(18)15-9-8-14(19-15)13-3-1-2-10-17-13/h1-10H/t20-/m0/s1. The van der Waals surface area contributed by atoms with Crippen molar-refractivity contribution >= 4 is 33.7 Å². The second-order valence-corrected chi connectivity index (χ2v) is 7.28. The second-order valence-electron chi connectivity index (χ2n) is 4.06. The zero-order valence-electron chi connectivity index (χ0n) is 10.3. The summed E-state index contributed by atoms with van der Waals surface area (Å²) in [5.74, 6) is 0. The molecule has 0 radical (unpaired) electrons. The van der Waals surface area contributed by atoms with Gasteiger partial charge in [0.2, 0.25) is 0 Å². The number of nitrogens with zero attached hydrogens (tertiary/aromatic N) is 1. The van der Waals surface area contributed by atoms with E-state index in [2.05, 4.69) is 4.98 Å². The molecule has 0 saturated heterocycles. The molecule has 1 aromatic carbocycles. The van der Waals surface area contributed by atoms with Crippen molar-refractivity contribution in [3.8, 4) is 10.6 Å². The van der Waals surface area contributed by atoms with Gasteiger partial charge in [0, 0.05) is 16.1 Å². The second kappa shape index (κ2) is 5.87. The molecule has 0 aliphatic carbocycles. The number of hydrogen-bond acceptors (Lipinski definition) is 3. The minimum absolute atomic E-state index is 0.645. The number of thiophene rings is 1. The number of hydrogen-bond donors (Lipinski definition) is 0. The third-order valence-electron chi connectivity index (χ3n) is 2.71. The first kappa shape index (κ1) is 13.5. The smallest absolute Gasteiger partial charge is 0.0967 e. The average Bonchev–Trinajstić information content (AvgIpc) is 2.98. The Morgan fingerprint density at radius 2 is 1.80 bits per heavy atom. The van der Waals surface area contributed by atoms with Gasteiger partial charge in [-0.3, -0.25) is 4.98 Å². The number of aromatic nitrogens is 1. The summed E-state index contributed by atoms with van der Waals surface area (Å²) >= 11 is 7.34. The molecule has 0 fully saturated rings. The Morgan fingerprint density at radius 3 is 2.50 bits per heavy atom. The Hall–Kier alpha value is -1.49. The normalized spacial score (nSPS) is 12.2.